The summed E-state index contributed by atoms with van der Waals surface area (Å²) in [4.78, 5) is 21.6. The predicted molar refractivity (Wildman–Crippen MR) is 158 cm³/mol. The first-order chi connectivity index (χ1) is 19.7. The Morgan fingerprint density at radius 3 is 2.83 bits per heavy atom. The van der Waals surface area contributed by atoms with Crippen LogP contribution in [0.1, 0.15) is 73.4 Å². The molecule has 8 nitrogen and oxygen atoms in total. The van der Waals surface area contributed by atoms with Crippen LogP contribution in [0.4, 0.5) is 5.69 Å². The van der Waals surface area contributed by atoms with Crippen LogP contribution in [0.2, 0.25) is 5.02 Å². The van der Waals surface area contributed by atoms with Gasteiger partial charge in [-0.2, -0.15) is 0 Å². The van der Waals surface area contributed by atoms with E-state index in [-0.39, 0.29) is 11.5 Å². The summed E-state index contributed by atoms with van der Waals surface area (Å²) in [5.41, 5.74) is 4.39. The van der Waals surface area contributed by atoms with Crippen LogP contribution >= 0.6 is 11.6 Å². The molecular formula is C31H36ClN3O5S. The van der Waals surface area contributed by atoms with Crippen LogP contribution in [-0.4, -0.2) is 51.1 Å². The first-order valence-corrected chi connectivity index (χ1v) is 16.7. The molecule has 0 unspecified atom stereocenters. The molecule has 41 heavy (non-hydrogen) atoms. The van der Waals surface area contributed by atoms with Crippen molar-refractivity contribution in [1.29, 1.82) is 0 Å². The molecule has 1 amide bonds. The Bertz CT molecular complexity index is 1530. The van der Waals surface area contributed by atoms with Crippen LogP contribution in [0.3, 0.4) is 0 Å². The third-order valence-electron chi connectivity index (χ3n) is 10.1. The Morgan fingerprint density at radius 1 is 1.12 bits per heavy atom. The van der Waals surface area contributed by atoms with Gasteiger partial charge in [0.25, 0.3) is 5.91 Å². The summed E-state index contributed by atoms with van der Waals surface area (Å²) in [6, 6.07) is 11.5. The van der Waals surface area contributed by atoms with Crippen molar-refractivity contribution in [3.8, 4) is 5.75 Å². The minimum Gasteiger partial charge on any atom is -0.490 e. The van der Waals surface area contributed by atoms with Crippen molar-refractivity contribution >= 4 is 38.9 Å². The quantitative estimate of drug-likeness (QED) is 0.447. The smallest absolute Gasteiger partial charge is 0.264 e. The van der Waals surface area contributed by atoms with Gasteiger partial charge in [-0.1, -0.05) is 22.8 Å². The van der Waals surface area contributed by atoms with E-state index in [2.05, 4.69) is 26.9 Å². The largest absolute Gasteiger partial charge is 0.490 e. The SMILES string of the molecule is C[C@@H]1CCC2=NO[C@H](C2)[C@@H]2CC[C@H]2CN2C[C@@]3(CCCc4cc(Cl)ccc43)COc3ccc(cc32)C(=O)NS1(=O)=O. The zero-order valence-corrected chi connectivity index (χ0v) is 24.8. The van der Waals surface area contributed by atoms with Crippen LogP contribution in [0.25, 0.3) is 0 Å². The summed E-state index contributed by atoms with van der Waals surface area (Å²) in [6.45, 7) is 3.71. The number of nitrogens with one attached hydrogen (secondary N) is 1. The van der Waals surface area contributed by atoms with Gasteiger partial charge in [-0.3, -0.25) is 4.79 Å². The number of carbonyl (C=O) groups excluding carboxylic acids is 1. The highest BCUT2D eigenvalue weighted by molar-refractivity contribution is 7.90. The zero-order chi connectivity index (χ0) is 28.4. The van der Waals surface area contributed by atoms with Crippen molar-refractivity contribution in [1.82, 2.24) is 4.72 Å². The van der Waals surface area contributed by atoms with Crippen molar-refractivity contribution in [3.05, 3.63) is 58.1 Å². The van der Waals surface area contributed by atoms with E-state index in [1.807, 2.05) is 18.2 Å². The lowest BCUT2D eigenvalue weighted by atomic mass is 9.68. The minimum atomic E-state index is -3.87. The lowest BCUT2D eigenvalue weighted by Gasteiger charge is -2.45. The fraction of sp³-hybridized carbons (Fsp3) is 0.548. The topological polar surface area (TPSA) is 97.3 Å². The van der Waals surface area contributed by atoms with Gasteiger partial charge < -0.3 is 14.5 Å². The monoisotopic (exact) mass is 597 g/mol. The highest BCUT2D eigenvalue weighted by Crippen LogP contribution is 2.47. The number of hydrogen-bond acceptors (Lipinski definition) is 7. The van der Waals surface area contributed by atoms with Crippen molar-refractivity contribution < 1.29 is 22.8 Å². The molecule has 10 heteroatoms. The van der Waals surface area contributed by atoms with Crippen molar-refractivity contribution in [2.24, 2.45) is 17.0 Å². The summed E-state index contributed by atoms with van der Waals surface area (Å²) in [6.07, 6.45) is 6.93. The van der Waals surface area contributed by atoms with Gasteiger partial charge in [0.1, 0.15) is 11.9 Å². The molecule has 5 atom stereocenters. The Labute approximate surface area is 246 Å². The standard InChI is InChI=1S/C31H36ClN3O5S/c1-19-4-8-24-15-29(40-33-24)25-9-5-22(25)16-35-17-31(12-2-3-20-13-23(32)7-10-26(20)31)18-39-28-11-6-21(14-27(28)35)30(36)34-41(19,37)38/h6-7,10-11,13-14,19,22,25,29H,2-5,8-9,12,15-18H2,1H3,(H,34,36)/t19-,22+,25-,29-,31+/m1/s1. The number of nitrogens with zero attached hydrogens (tertiary/aromatic N) is 2. The predicted octanol–water partition coefficient (Wildman–Crippen LogP) is 5.23. The molecule has 4 bridgehead atoms. The number of sulfonamides is 1. The number of oxime groups is 1. The summed E-state index contributed by atoms with van der Waals surface area (Å²) >= 11 is 6.39. The molecule has 3 aliphatic heterocycles. The molecule has 1 fully saturated rings. The molecule has 3 heterocycles. The van der Waals surface area contributed by atoms with Gasteiger partial charge in [0, 0.05) is 41.4 Å². The molecule has 1 saturated carbocycles. The van der Waals surface area contributed by atoms with E-state index in [1.165, 1.54) is 11.1 Å². The van der Waals surface area contributed by atoms with E-state index in [4.69, 9.17) is 21.2 Å². The van der Waals surface area contributed by atoms with Gasteiger partial charge in [0.05, 0.1) is 23.3 Å². The number of rotatable bonds is 0. The summed E-state index contributed by atoms with van der Waals surface area (Å²) < 4.78 is 35.0. The van der Waals surface area contributed by atoms with Gasteiger partial charge >= 0.3 is 0 Å². The molecule has 0 saturated heterocycles. The summed E-state index contributed by atoms with van der Waals surface area (Å²) in [7, 11) is -3.87. The normalized spacial score (nSPS) is 32.3. The molecule has 218 valence electrons. The van der Waals surface area contributed by atoms with Crippen LogP contribution in [0, 0.1) is 11.8 Å². The lowest BCUT2D eigenvalue weighted by Crippen LogP contribution is -2.49. The Morgan fingerprint density at radius 2 is 2.00 bits per heavy atom. The molecule has 1 N–H and O–H groups in total. The first-order valence-electron chi connectivity index (χ1n) is 14.8. The molecule has 0 radical (unpaired) electrons. The second-order valence-corrected chi connectivity index (χ2v) is 15.2. The fourth-order valence-electron chi connectivity index (χ4n) is 7.49. The van der Waals surface area contributed by atoms with Gasteiger partial charge in [0.2, 0.25) is 10.0 Å². The number of benzene rings is 2. The maximum absolute atomic E-state index is 13.3. The van der Waals surface area contributed by atoms with E-state index in [0.717, 1.165) is 73.8 Å². The number of halogens is 1. The third kappa shape index (κ3) is 4.88. The van der Waals surface area contributed by atoms with Gasteiger partial charge in [0.15, 0.2) is 0 Å². The number of anilines is 1. The minimum absolute atomic E-state index is 0.0313. The van der Waals surface area contributed by atoms with Gasteiger partial charge in [-0.15, -0.1) is 0 Å². The van der Waals surface area contributed by atoms with E-state index in [0.29, 0.717) is 36.8 Å². The fourth-order valence-corrected chi connectivity index (χ4v) is 8.69. The van der Waals surface area contributed by atoms with Crippen molar-refractivity contribution in [3.63, 3.8) is 0 Å². The summed E-state index contributed by atoms with van der Waals surface area (Å²) in [5.74, 6) is 0.912. The number of hydrogen-bond donors (Lipinski definition) is 1. The maximum Gasteiger partial charge on any atom is 0.264 e. The average Bonchev–Trinajstić information content (AvgIpc) is 3.32. The molecular weight excluding hydrogens is 562 g/mol. The van der Waals surface area contributed by atoms with Gasteiger partial charge in [-0.05, 0) is 99.2 Å². The third-order valence-corrected chi connectivity index (χ3v) is 12.1. The van der Waals surface area contributed by atoms with Crippen LogP contribution in [0.15, 0.2) is 41.6 Å². The van der Waals surface area contributed by atoms with E-state index < -0.39 is 21.2 Å². The highest BCUT2D eigenvalue weighted by atomic mass is 35.5. The molecule has 2 aromatic rings. The van der Waals surface area contributed by atoms with Crippen molar-refractivity contribution in [2.45, 2.75) is 75.1 Å². The van der Waals surface area contributed by atoms with E-state index >= 15 is 0 Å². The number of ether oxygens (including phenoxy) is 1. The summed E-state index contributed by atoms with van der Waals surface area (Å²) in [5, 5.41) is 4.36. The second-order valence-electron chi connectivity index (χ2n) is 12.6. The second kappa shape index (κ2) is 10.2. The zero-order valence-electron chi connectivity index (χ0n) is 23.3. The Kier molecular flexibility index (Phi) is 6.73. The number of carbonyl (C=O) groups is 1. The number of aryl methyl sites for hydroxylation is 1. The highest BCUT2D eigenvalue weighted by Gasteiger charge is 2.46. The van der Waals surface area contributed by atoms with Gasteiger partial charge in [-0.25, -0.2) is 13.1 Å². The van der Waals surface area contributed by atoms with E-state index in [1.54, 1.807) is 13.0 Å². The molecule has 7 rings (SSSR count). The van der Waals surface area contributed by atoms with Crippen molar-refractivity contribution in [2.75, 3.05) is 24.6 Å². The first kappa shape index (κ1) is 27.1. The van der Waals surface area contributed by atoms with Crippen LogP contribution < -0.4 is 14.4 Å². The Balaban J connectivity index is 1.29. The maximum atomic E-state index is 13.3. The molecule has 0 aromatic heterocycles. The number of fused-ring (bicyclic) bond motifs is 7. The number of amides is 1. The average molecular weight is 598 g/mol. The lowest BCUT2D eigenvalue weighted by molar-refractivity contribution is -0.0213. The van der Waals surface area contributed by atoms with Crippen LogP contribution in [0.5, 0.6) is 5.75 Å². The molecule has 5 aliphatic rings. The molecule has 2 aliphatic carbocycles. The van der Waals surface area contributed by atoms with Crippen LogP contribution in [-0.2, 0) is 26.7 Å². The molecule has 2 aromatic carbocycles. The molecule has 1 spiro atoms. The van der Waals surface area contributed by atoms with E-state index in [9.17, 15) is 13.2 Å². The Hall–Kier alpha value is -2.78.